The van der Waals surface area contributed by atoms with Crippen molar-refractivity contribution in [3.63, 3.8) is 0 Å². The van der Waals surface area contributed by atoms with Gasteiger partial charge in [-0.25, -0.2) is 9.48 Å². The Balaban J connectivity index is 1.28. The van der Waals surface area contributed by atoms with E-state index < -0.39 is 5.97 Å². The lowest BCUT2D eigenvalue weighted by Crippen LogP contribution is -2.25. The monoisotopic (exact) mass is 523 g/mol. The van der Waals surface area contributed by atoms with Gasteiger partial charge < -0.3 is 14.2 Å². The van der Waals surface area contributed by atoms with Crippen LogP contribution in [0.15, 0.2) is 42.5 Å². The average molecular weight is 524 g/mol. The van der Waals surface area contributed by atoms with Gasteiger partial charge in [-0.1, -0.05) is 47.5 Å². The van der Waals surface area contributed by atoms with Crippen LogP contribution in [0, 0.1) is 0 Å². The smallest absolute Gasteiger partial charge is 0.364 e. The summed E-state index contributed by atoms with van der Waals surface area (Å²) >= 11 is 6.52. The van der Waals surface area contributed by atoms with E-state index in [1.54, 1.807) is 18.7 Å². The van der Waals surface area contributed by atoms with Crippen LogP contribution >= 0.6 is 11.6 Å². The Morgan fingerprint density at radius 3 is 2.43 bits per heavy atom. The fourth-order valence-corrected chi connectivity index (χ4v) is 5.55. The largest absolute Gasteiger partial charge is 0.497 e. The van der Waals surface area contributed by atoms with Gasteiger partial charge in [-0.15, -0.1) is 5.10 Å². The number of carbonyl (C=O) groups excluding carboxylic acids is 1. The molecule has 2 saturated carbocycles. The van der Waals surface area contributed by atoms with Gasteiger partial charge >= 0.3 is 5.97 Å². The highest BCUT2D eigenvalue weighted by Crippen LogP contribution is 2.42. The summed E-state index contributed by atoms with van der Waals surface area (Å²) in [5.41, 5.74) is 3.82. The van der Waals surface area contributed by atoms with Gasteiger partial charge in [0.05, 0.1) is 20.3 Å². The predicted molar refractivity (Wildman–Crippen MR) is 142 cm³/mol. The third kappa shape index (κ3) is 5.77. The molecule has 8 heteroatoms. The summed E-state index contributed by atoms with van der Waals surface area (Å²) in [5.74, 6) is 1.74. The number of benzene rings is 2. The van der Waals surface area contributed by atoms with E-state index in [1.165, 1.54) is 30.4 Å². The molecule has 3 aromatic rings. The van der Waals surface area contributed by atoms with Crippen molar-refractivity contribution in [3.8, 4) is 11.6 Å². The van der Waals surface area contributed by atoms with Crippen molar-refractivity contribution in [3.05, 3.63) is 69.9 Å². The summed E-state index contributed by atoms with van der Waals surface area (Å²) in [6.45, 7) is 2.46. The van der Waals surface area contributed by atoms with Crippen molar-refractivity contribution < 1.29 is 19.0 Å². The fourth-order valence-electron chi connectivity index (χ4n) is 5.28. The molecule has 196 valence electrons. The highest BCUT2D eigenvalue weighted by atomic mass is 35.5. The summed E-state index contributed by atoms with van der Waals surface area (Å²) in [7, 11) is 1.64. The molecule has 0 radical (unpaired) electrons. The first-order valence-electron chi connectivity index (χ1n) is 13.2. The molecule has 2 fully saturated rings. The first-order valence-corrected chi connectivity index (χ1v) is 13.6. The zero-order valence-corrected chi connectivity index (χ0v) is 22.2. The number of carbonyl (C=O) groups is 1. The van der Waals surface area contributed by atoms with Crippen LogP contribution < -0.4 is 9.47 Å². The van der Waals surface area contributed by atoms with Gasteiger partial charge in [-0.3, -0.25) is 0 Å². The zero-order chi connectivity index (χ0) is 25.8. The van der Waals surface area contributed by atoms with E-state index in [1.807, 2.05) is 24.3 Å². The number of nitrogens with zero attached hydrogens (tertiary/aromatic N) is 3. The van der Waals surface area contributed by atoms with Crippen LogP contribution in [0.4, 0.5) is 0 Å². The first-order chi connectivity index (χ1) is 18.1. The Morgan fingerprint density at radius 2 is 1.78 bits per heavy atom. The molecule has 0 spiro atoms. The van der Waals surface area contributed by atoms with Crippen molar-refractivity contribution in [1.29, 1.82) is 0 Å². The molecule has 0 aliphatic heterocycles. The molecule has 2 aromatic carbocycles. The number of halogens is 1. The van der Waals surface area contributed by atoms with Gasteiger partial charge in [0, 0.05) is 5.02 Å². The summed E-state index contributed by atoms with van der Waals surface area (Å²) in [6, 6.07) is 14.3. The molecular weight excluding hydrogens is 490 g/mol. The molecule has 0 bridgehead atoms. The second-order valence-corrected chi connectivity index (χ2v) is 10.4. The molecule has 1 heterocycles. The number of hydrogen-bond donors (Lipinski definition) is 0. The van der Waals surface area contributed by atoms with Crippen LogP contribution in [-0.4, -0.2) is 40.8 Å². The number of methoxy groups -OCH3 is 1. The number of esters is 1. The third-order valence-corrected chi connectivity index (χ3v) is 7.98. The van der Waals surface area contributed by atoms with Crippen molar-refractivity contribution >= 4 is 17.6 Å². The van der Waals surface area contributed by atoms with Gasteiger partial charge in [-0.05, 0) is 92.2 Å². The van der Waals surface area contributed by atoms with Crippen molar-refractivity contribution in [2.75, 3.05) is 13.7 Å². The van der Waals surface area contributed by atoms with Crippen LogP contribution in [-0.2, 0) is 11.3 Å². The summed E-state index contributed by atoms with van der Waals surface area (Å²) < 4.78 is 18.5. The van der Waals surface area contributed by atoms with E-state index in [4.69, 9.17) is 25.8 Å². The third-order valence-electron chi connectivity index (χ3n) is 7.64. The molecule has 1 aromatic heterocycles. The molecule has 7 nitrogen and oxygen atoms in total. The number of rotatable bonds is 9. The van der Waals surface area contributed by atoms with E-state index in [0.717, 1.165) is 42.0 Å². The van der Waals surface area contributed by atoms with Gasteiger partial charge in [0.15, 0.2) is 0 Å². The molecule has 2 aliphatic rings. The zero-order valence-electron chi connectivity index (χ0n) is 21.5. The molecule has 0 unspecified atom stereocenters. The standard InChI is InChI=1S/C29H34ClN3O4/c1-3-36-29(34)27-28(33(32-31-27)18-19-7-12-23(35-2)13-8-19)37-24-14-9-20(10-15-24)22-11-16-26(30)25(17-22)21-5-4-6-21/h7-8,11-13,16-17,20-21,24H,3-6,9-10,14-15,18H2,1-2H3/t20-,24-. The van der Waals surface area contributed by atoms with E-state index in [0.29, 0.717) is 24.3 Å². The first kappa shape index (κ1) is 25.6. The van der Waals surface area contributed by atoms with Crippen LogP contribution in [0.1, 0.15) is 90.9 Å². The van der Waals surface area contributed by atoms with E-state index in [2.05, 4.69) is 28.5 Å². The second kappa shape index (κ2) is 11.5. The minimum absolute atomic E-state index is 0.0176. The van der Waals surface area contributed by atoms with Crippen LogP contribution in [0.5, 0.6) is 11.6 Å². The SMILES string of the molecule is CCOC(=O)c1nnn(Cc2ccc(OC)cc2)c1O[C@H]1CC[C@H](c2ccc(Cl)c(C3CCC3)c2)CC1. The van der Waals surface area contributed by atoms with E-state index >= 15 is 0 Å². The molecule has 0 amide bonds. The van der Waals surface area contributed by atoms with Crippen molar-refractivity contribution in [2.45, 2.75) is 76.4 Å². The minimum Gasteiger partial charge on any atom is -0.497 e. The Kier molecular flexibility index (Phi) is 7.99. The van der Waals surface area contributed by atoms with Crippen LogP contribution in [0.3, 0.4) is 0 Å². The Labute approximate surface area is 223 Å². The molecular formula is C29H34ClN3O4. The highest BCUT2D eigenvalue weighted by molar-refractivity contribution is 6.31. The molecule has 5 rings (SSSR count). The van der Waals surface area contributed by atoms with E-state index in [9.17, 15) is 4.79 Å². The molecule has 0 N–H and O–H groups in total. The highest BCUT2D eigenvalue weighted by Gasteiger charge is 2.30. The minimum atomic E-state index is -0.517. The Morgan fingerprint density at radius 1 is 1.03 bits per heavy atom. The van der Waals surface area contributed by atoms with E-state index in [-0.39, 0.29) is 18.4 Å². The topological polar surface area (TPSA) is 75.5 Å². The lowest BCUT2D eigenvalue weighted by molar-refractivity contribution is 0.0507. The van der Waals surface area contributed by atoms with Crippen molar-refractivity contribution in [1.82, 2.24) is 15.0 Å². The summed E-state index contributed by atoms with van der Waals surface area (Å²) in [4.78, 5) is 12.6. The quantitative estimate of drug-likeness (QED) is 0.296. The van der Waals surface area contributed by atoms with Gasteiger partial charge in [0.2, 0.25) is 11.6 Å². The molecule has 0 atom stereocenters. The maximum atomic E-state index is 12.6. The van der Waals surface area contributed by atoms with Crippen molar-refractivity contribution in [2.24, 2.45) is 0 Å². The van der Waals surface area contributed by atoms with Gasteiger partial charge in [0.25, 0.3) is 0 Å². The Hall–Kier alpha value is -3.06. The lowest BCUT2D eigenvalue weighted by atomic mass is 9.77. The normalized spacial score (nSPS) is 19.8. The summed E-state index contributed by atoms with van der Waals surface area (Å²) in [6.07, 6.45) is 7.58. The predicted octanol–water partition coefficient (Wildman–Crippen LogP) is 6.54. The maximum Gasteiger partial charge on any atom is 0.364 e. The summed E-state index contributed by atoms with van der Waals surface area (Å²) in [5, 5.41) is 9.25. The number of hydrogen-bond acceptors (Lipinski definition) is 6. The molecule has 0 saturated heterocycles. The van der Waals surface area contributed by atoms with Gasteiger partial charge in [-0.2, -0.15) is 0 Å². The maximum absolute atomic E-state index is 12.6. The van der Waals surface area contributed by atoms with Crippen LogP contribution in [0.2, 0.25) is 5.02 Å². The fraction of sp³-hybridized carbons (Fsp3) is 0.483. The number of ether oxygens (including phenoxy) is 3. The number of aromatic nitrogens is 3. The molecule has 2 aliphatic carbocycles. The van der Waals surface area contributed by atoms with Crippen LogP contribution in [0.25, 0.3) is 0 Å². The average Bonchev–Trinajstić information content (AvgIpc) is 3.27. The van der Waals surface area contributed by atoms with Gasteiger partial charge in [0.1, 0.15) is 11.9 Å². The Bertz CT molecular complexity index is 1210. The second-order valence-electron chi connectivity index (χ2n) is 9.97. The lowest BCUT2D eigenvalue weighted by Gasteiger charge is -2.31. The molecule has 37 heavy (non-hydrogen) atoms.